The van der Waals surface area contributed by atoms with Crippen molar-refractivity contribution in [3.63, 3.8) is 0 Å². The molecule has 0 radical (unpaired) electrons. The van der Waals surface area contributed by atoms with E-state index in [1.54, 1.807) is 0 Å². The predicted molar refractivity (Wildman–Crippen MR) is 75.6 cm³/mol. The molecule has 0 aliphatic heterocycles. The molecule has 0 unspecified atom stereocenters. The van der Waals surface area contributed by atoms with E-state index >= 15 is 0 Å². The highest BCUT2D eigenvalue weighted by atomic mass is 35.7. The normalized spacial score (nSPS) is 12.5. The lowest BCUT2D eigenvalue weighted by atomic mass is 10.5. The number of pyridine rings is 1. The topological polar surface area (TPSA) is 93.2 Å². The number of nitrogens with zero attached hydrogens (tertiary/aromatic N) is 1. The number of sulfonamides is 1. The third kappa shape index (κ3) is 3.98. The van der Waals surface area contributed by atoms with Crippen LogP contribution in [0.1, 0.15) is 4.88 Å². The van der Waals surface area contributed by atoms with Gasteiger partial charge in [0.25, 0.3) is 19.1 Å². The molecule has 2 aromatic rings. The number of halogens is 2. The minimum atomic E-state index is -4.13. The molecule has 0 spiro atoms. The maximum absolute atomic E-state index is 13.4. The minimum absolute atomic E-state index is 0.0950. The zero-order chi connectivity index (χ0) is 15.7. The molecule has 0 aliphatic carbocycles. The Kier molecular flexibility index (Phi) is 4.63. The first-order valence-corrected chi connectivity index (χ1v) is 9.94. The lowest BCUT2D eigenvalue weighted by Crippen LogP contribution is -2.24. The molecule has 2 heterocycles. The molecule has 0 saturated carbocycles. The highest BCUT2D eigenvalue weighted by Gasteiger charge is 2.21. The Morgan fingerprint density at radius 3 is 2.52 bits per heavy atom. The maximum atomic E-state index is 13.4. The summed E-state index contributed by atoms with van der Waals surface area (Å²) in [5.74, 6) is -0.972. The van der Waals surface area contributed by atoms with Crippen molar-refractivity contribution in [3.05, 3.63) is 41.2 Å². The molecule has 21 heavy (non-hydrogen) atoms. The summed E-state index contributed by atoms with van der Waals surface area (Å²) in [5, 5.41) is -0.716. The second-order valence-electron chi connectivity index (χ2n) is 3.77. The predicted octanol–water partition coefficient (Wildman–Crippen LogP) is 1.69. The molecule has 11 heteroatoms. The molecule has 0 atom stereocenters. The van der Waals surface area contributed by atoms with Crippen molar-refractivity contribution in [3.8, 4) is 0 Å². The Labute approximate surface area is 129 Å². The number of thiophene rings is 1. The Balaban J connectivity index is 2.16. The van der Waals surface area contributed by atoms with E-state index in [0.29, 0.717) is 4.88 Å². The molecule has 114 valence electrons. The van der Waals surface area contributed by atoms with Crippen molar-refractivity contribution in [1.29, 1.82) is 0 Å². The third-order valence-corrected chi connectivity index (χ3v) is 6.80. The number of aromatic nitrogens is 1. The molecule has 2 rings (SSSR count). The van der Waals surface area contributed by atoms with E-state index in [1.165, 1.54) is 18.2 Å². The van der Waals surface area contributed by atoms with Crippen LogP contribution in [0.25, 0.3) is 0 Å². The van der Waals surface area contributed by atoms with Crippen molar-refractivity contribution in [2.75, 3.05) is 0 Å². The summed E-state index contributed by atoms with van der Waals surface area (Å²) >= 11 is 0.819. The zero-order valence-electron chi connectivity index (χ0n) is 10.2. The second kappa shape index (κ2) is 5.97. The Morgan fingerprint density at radius 1 is 1.24 bits per heavy atom. The SMILES string of the molecule is O=S(=O)(Cl)c1ccc(CNS(=O)(=O)c2ncccc2F)s1. The molecule has 6 nitrogen and oxygen atoms in total. The van der Waals surface area contributed by atoms with Gasteiger partial charge in [0.05, 0.1) is 0 Å². The average Bonchev–Trinajstić information content (AvgIpc) is 2.85. The highest BCUT2D eigenvalue weighted by Crippen LogP contribution is 2.25. The van der Waals surface area contributed by atoms with Crippen LogP contribution in [0.3, 0.4) is 0 Å². The van der Waals surface area contributed by atoms with Gasteiger partial charge in [-0.3, -0.25) is 0 Å². The van der Waals surface area contributed by atoms with E-state index in [0.717, 1.165) is 23.6 Å². The lowest BCUT2D eigenvalue weighted by Gasteiger charge is -2.05. The van der Waals surface area contributed by atoms with E-state index in [4.69, 9.17) is 10.7 Å². The molecule has 0 fully saturated rings. The second-order valence-corrected chi connectivity index (χ2v) is 9.42. The largest absolute Gasteiger partial charge is 0.270 e. The minimum Gasteiger partial charge on any atom is -0.241 e. The fourth-order valence-electron chi connectivity index (χ4n) is 1.39. The average molecular weight is 371 g/mol. The summed E-state index contributed by atoms with van der Waals surface area (Å²) in [6.07, 6.45) is 1.15. The van der Waals surface area contributed by atoms with Gasteiger partial charge < -0.3 is 0 Å². The quantitative estimate of drug-likeness (QED) is 0.808. The summed E-state index contributed by atoms with van der Waals surface area (Å²) in [6.45, 7) is -0.199. The van der Waals surface area contributed by atoms with Crippen LogP contribution < -0.4 is 4.72 Å². The monoisotopic (exact) mass is 370 g/mol. The smallest absolute Gasteiger partial charge is 0.241 e. The summed E-state index contributed by atoms with van der Waals surface area (Å²) in [7, 11) is -2.82. The van der Waals surface area contributed by atoms with Crippen LogP contribution in [-0.4, -0.2) is 21.8 Å². The van der Waals surface area contributed by atoms with Gasteiger partial charge in [-0.25, -0.2) is 30.9 Å². The molecule has 0 bridgehead atoms. The van der Waals surface area contributed by atoms with Crippen LogP contribution in [0, 0.1) is 5.82 Å². The van der Waals surface area contributed by atoms with Crippen LogP contribution in [-0.2, 0) is 25.6 Å². The Hall–Kier alpha value is -1.07. The number of hydrogen-bond acceptors (Lipinski definition) is 6. The molecular weight excluding hydrogens is 363 g/mol. The van der Waals surface area contributed by atoms with Gasteiger partial charge in [-0.15, -0.1) is 11.3 Å². The summed E-state index contributed by atoms with van der Waals surface area (Å²) in [5.41, 5.74) is 0. The first-order chi connectivity index (χ1) is 9.70. The third-order valence-electron chi connectivity index (χ3n) is 2.29. The zero-order valence-corrected chi connectivity index (χ0v) is 13.4. The molecule has 2 aromatic heterocycles. The molecule has 1 N–H and O–H groups in total. The van der Waals surface area contributed by atoms with Crippen LogP contribution in [0.2, 0.25) is 0 Å². The van der Waals surface area contributed by atoms with Gasteiger partial charge in [0.2, 0.25) is 5.03 Å². The van der Waals surface area contributed by atoms with Crippen LogP contribution in [0.5, 0.6) is 0 Å². The van der Waals surface area contributed by atoms with E-state index in [9.17, 15) is 21.2 Å². The van der Waals surface area contributed by atoms with Gasteiger partial charge in [0.1, 0.15) is 4.21 Å². The van der Waals surface area contributed by atoms with Gasteiger partial charge >= 0.3 is 0 Å². The van der Waals surface area contributed by atoms with E-state index in [1.807, 2.05) is 0 Å². The van der Waals surface area contributed by atoms with Crippen molar-refractivity contribution < 1.29 is 21.2 Å². The van der Waals surface area contributed by atoms with Crippen molar-refractivity contribution >= 4 is 41.1 Å². The van der Waals surface area contributed by atoms with Gasteiger partial charge in [-0.1, -0.05) is 0 Å². The molecule has 0 amide bonds. The van der Waals surface area contributed by atoms with Crippen LogP contribution in [0.15, 0.2) is 39.7 Å². The van der Waals surface area contributed by atoms with Crippen molar-refractivity contribution in [1.82, 2.24) is 9.71 Å². The fraction of sp³-hybridized carbons (Fsp3) is 0.100. The van der Waals surface area contributed by atoms with E-state index in [2.05, 4.69) is 9.71 Å². The van der Waals surface area contributed by atoms with Gasteiger partial charge in [-0.2, -0.15) is 0 Å². The van der Waals surface area contributed by atoms with Gasteiger partial charge in [0, 0.05) is 28.3 Å². The summed E-state index contributed by atoms with van der Waals surface area (Å²) in [6, 6.07) is 4.92. The summed E-state index contributed by atoms with van der Waals surface area (Å²) < 4.78 is 61.4. The van der Waals surface area contributed by atoms with E-state index < -0.39 is 29.9 Å². The van der Waals surface area contributed by atoms with Gasteiger partial charge in [0.15, 0.2) is 5.82 Å². The Morgan fingerprint density at radius 2 is 1.95 bits per heavy atom. The molecule has 0 aromatic carbocycles. The molecule has 0 aliphatic rings. The number of hydrogen-bond donors (Lipinski definition) is 1. The summed E-state index contributed by atoms with van der Waals surface area (Å²) in [4.78, 5) is 3.88. The maximum Gasteiger partial charge on any atom is 0.270 e. The standard InChI is InChI=1S/C10H8ClFN2O4S3/c11-20(15,16)9-4-3-7(19-9)6-14-21(17,18)10-8(12)2-1-5-13-10/h1-5,14H,6H2. The number of rotatable bonds is 5. The van der Waals surface area contributed by atoms with Crippen LogP contribution in [0.4, 0.5) is 4.39 Å². The van der Waals surface area contributed by atoms with Gasteiger partial charge in [-0.05, 0) is 24.3 Å². The Bertz CT molecular complexity index is 864. The molecule has 0 saturated heterocycles. The van der Waals surface area contributed by atoms with Crippen molar-refractivity contribution in [2.24, 2.45) is 0 Å². The number of nitrogens with one attached hydrogen (secondary N) is 1. The first kappa shape index (κ1) is 16.3. The van der Waals surface area contributed by atoms with E-state index in [-0.39, 0.29) is 10.8 Å². The molecular formula is C10H8ClFN2O4S3. The van der Waals surface area contributed by atoms with Crippen LogP contribution >= 0.6 is 22.0 Å². The first-order valence-electron chi connectivity index (χ1n) is 5.34. The lowest BCUT2D eigenvalue weighted by molar-refractivity contribution is 0.544. The fourth-order valence-corrected chi connectivity index (χ4v) is 4.55. The highest BCUT2D eigenvalue weighted by molar-refractivity contribution is 8.15. The van der Waals surface area contributed by atoms with Crippen molar-refractivity contribution in [2.45, 2.75) is 15.8 Å².